The number of oxazole rings is 1. The summed E-state index contributed by atoms with van der Waals surface area (Å²) in [6.45, 7) is 4.82. The lowest BCUT2D eigenvalue weighted by Gasteiger charge is -2.27. The summed E-state index contributed by atoms with van der Waals surface area (Å²) in [5, 5.41) is 6.15. The van der Waals surface area contributed by atoms with Gasteiger partial charge in [-0.1, -0.05) is 12.1 Å². The normalized spacial score (nSPS) is 14.4. The number of anilines is 1. The molecule has 0 bridgehead atoms. The summed E-state index contributed by atoms with van der Waals surface area (Å²) in [6, 6.07) is 16.3. The topological polar surface area (TPSA) is 106 Å². The van der Waals surface area contributed by atoms with E-state index in [0.29, 0.717) is 58.4 Å². The van der Waals surface area contributed by atoms with Crippen molar-refractivity contribution in [1.29, 1.82) is 0 Å². The zero-order chi connectivity index (χ0) is 24.6. The van der Waals surface area contributed by atoms with E-state index in [2.05, 4.69) is 15.6 Å². The quantitative estimate of drug-likeness (QED) is 0.414. The number of carbonyl (C=O) groups is 2. The number of fused-ring (bicyclic) bond motifs is 2. The van der Waals surface area contributed by atoms with Crippen molar-refractivity contribution in [2.45, 2.75) is 6.92 Å². The summed E-state index contributed by atoms with van der Waals surface area (Å²) >= 11 is 0. The molecule has 10 heteroatoms. The van der Waals surface area contributed by atoms with E-state index in [1.165, 1.54) is 0 Å². The van der Waals surface area contributed by atoms with Crippen LogP contribution in [0, 0.1) is 6.92 Å². The van der Waals surface area contributed by atoms with Crippen LogP contribution in [0.3, 0.4) is 0 Å². The molecule has 1 aromatic heterocycles. The Kier molecular flexibility index (Phi) is 6.73. The largest absolute Gasteiger partial charge is 0.453 e. The molecule has 2 N–H and O–H groups in total. The Bertz CT molecular complexity index is 1480. The first-order valence-electron chi connectivity index (χ1n) is 11.8. The van der Waals surface area contributed by atoms with Gasteiger partial charge in [0.05, 0.1) is 5.56 Å². The molecule has 3 aromatic carbocycles. The van der Waals surface area contributed by atoms with Gasteiger partial charge in [0, 0.05) is 49.9 Å². The Hall–Kier alpha value is -4.08. The van der Waals surface area contributed by atoms with Crippen molar-refractivity contribution in [3.8, 4) is 22.6 Å². The number of amides is 2. The molecule has 0 unspecified atom stereocenters. The summed E-state index contributed by atoms with van der Waals surface area (Å²) < 4.78 is 16.9. The van der Waals surface area contributed by atoms with Gasteiger partial charge in [-0.25, -0.2) is 4.98 Å². The predicted octanol–water partition coefficient (Wildman–Crippen LogP) is 4.25. The van der Waals surface area contributed by atoms with Gasteiger partial charge < -0.3 is 29.4 Å². The first kappa shape index (κ1) is 24.6. The first-order valence-corrected chi connectivity index (χ1v) is 11.8. The van der Waals surface area contributed by atoms with Crippen LogP contribution in [0.1, 0.15) is 26.6 Å². The Morgan fingerprint density at radius 3 is 2.51 bits per heavy atom. The third-order valence-electron chi connectivity index (χ3n) is 6.36. The molecule has 190 valence electrons. The van der Waals surface area contributed by atoms with Crippen molar-refractivity contribution in [1.82, 2.24) is 15.2 Å². The highest BCUT2D eigenvalue weighted by atomic mass is 35.5. The molecule has 0 aliphatic carbocycles. The molecule has 2 amide bonds. The molecule has 3 heterocycles. The summed E-state index contributed by atoms with van der Waals surface area (Å²) in [4.78, 5) is 32.0. The predicted molar refractivity (Wildman–Crippen MR) is 141 cm³/mol. The maximum Gasteiger partial charge on any atom is 0.259 e. The molecule has 1 saturated heterocycles. The van der Waals surface area contributed by atoms with Gasteiger partial charge in [-0.2, -0.15) is 0 Å². The molecule has 0 saturated carbocycles. The van der Waals surface area contributed by atoms with E-state index >= 15 is 0 Å². The number of carbonyl (C=O) groups excluding carboxylic acids is 2. The number of ether oxygens (including phenoxy) is 2. The van der Waals surface area contributed by atoms with Gasteiger partial charge in [0.2, 0.25) is 6.79 Å². The van der Waals surface area contributed by atoms with Gasteiger partial charge >= 0.3 is 0 Å². The lowest BCUT2D eigenvalue weighted by Crippen LogP contribution is -2.46. The minimum atomic E-state index is -0.320. The highest BCUT2D eigenvalue weighted by molar-refractivity contribution is 6.08. The fourth-order valence-electron chi connectivity index (χ4n) is 4.56. The summed E-state index contributed by atoms with van der Waals surface area (Å²) in [5.74, 6) is 1.17. The SMILES string of the molecule is Cc1nc2cc(NC(=O)c3ccc(-c4ccc(C(=O)N5CCNCC5)cc4)c4c3OCO4)ccc2o1.Cl. The van der Waals surface area contributed by atoms with E-state index in [1.807, 2.05) is 35.2 Å². The summed E-state index contributed by atoms with van der Waals surface area (Å²) in [7, 11) is 0. The van der Waals surface area contributed by atoms with Crippen molar-refractivity contribution in [3.63, 3.8) is 0 Å². The molecule has 4 aromatic rings. The van der Waals surface area contributed by atoms with Gasteiger partial charge in [-0.15, -0.1) is 12.4 Å². The van der Waals surface area contributed by atoms with Gasteiger partial charge in [0.25, 0.3) is 11.8 Å². The van der Waals surface area contributed by atoms with E-state index < -0.39 is 0 Å². The van der Waals surface area contributed by atoms with E-state index in [0.717, 1.165) is 24.2 Å². The van der Waals surface area contributed by atoms with Crippen LogP contribution in [-0.4, -0.2) is 54.7 Å². The average molecular weight is 521 g/mol. The third-order valence-corrected chi connectivity index (χ3v) is 6.36. The number of hydrogen-bond acceptors (Lipinski definition) is 7. The second kappa shape index (κ2) is 10.1. The number of halogens is 1. The van der Waals surface area contributed by atoms with Crippen molar-refractivity contribution in [2.24, 2.45) is 0 Å². The maximum absolute atomic E-state index is 13.1. The van der Waals surface area contributed by atoms with E-state index in [1.54, 1.807) is 31.2 Å². The Morgan fingerprint density at radius 1 is 0.973 bits per heavy atom. The Balaban J connectivity index is 0.00000280. The molecule has 9 nitrogen and oxygen atoms in total. The van der Waals surface area contributed by atoms with Crippen LogP contribution < -0.4 is 20.1 Å². The molecule has 37 heavy (non-hydrogen) atoms. The van der Waals surface area contributed by atoms with Crippen molar-refractivity contribution in [2.75, 3.05) is 38.3 Å². The molecule has 2 aliphatic rings. The molecular formula is C27H25ClN4O5. The van der Waals surface area contributed by atoms with Crippen molar-refractivity contribution < 1.29 is 23.5 Å². The van der Waals surface area contributed by atoms with Crippen molar-refractivity contribution in [3.05, 3.63) is 71.6 Å². The third kappa shape index (κ3) is 4.71. The second-order valence-corrected chi connectivity index (χ2v) is 8.71. The van der Waals surface area contributed by atoms with Crippen LogP contribution in [0.4, 0.5) is 5.69 Å². The van der Waals surface area contributed by atoms with Crippen LogP contribution in [0.25, 0.3) is 22.2 Å². The van der Waals surface area contributed by atoms with Gasteiger partial charge in [-0.3, -0.25) is 9.59 Å². The summed E-state index contributed by atoms with van der Waals surface area (Å²) in [6.07, 6.45) is 0. The number of aromatic nitrogens is 1. The average Bonchev–Trinajstić information content (AvgIpc) is 3.54. The number of nitrogens with zero attached hydrogens (tertiary/aromatic N) is 2. The molecule has 2 aliphatic heterocycles. The molecule has 0 atom stereocenters. The fourth-order valence-corrected chi connectivity index (χ4v) is 4.56. The number of aryl methyl sites for hydroxylation is 1. The van der Waals surface area contributed by atoms with Crippen molar-refractivity contribution >= 4 is 41.0 Å². The minimum absolute atomic E-state index is 0. The lowest BCUT2D eigenvalue weighted by atomic mass is 9.99. The zero-order valence-electron chi connectivity index (χ0n) is 20.1. The number of rotatable bonds is 4. The molecule has 6 rings (SSSR count). The van der Waals surface area contributed by atoms with Crippen LogP contribution >= 0.6 is 12.4 Å². The maximum atomic E-state index is 13.1. The van der Waals surface area contributed by atoms with Gasteiger partial charge in [-0.05, 0) is 48.0 Å². The smallest absolute Gasteiger partial charge is 0.259 e. The number of nitrogens with one attached hydrogen (secondary N) is 2. The van der Waals surface area contributed by atoms with E-state index in [9.17, 15) is 9.59 Å². The monoisotopic (exact) mass is 520 g/mol. The van der Waals surface area contributed by atoms with Crippen LogP contribution in [0.15, 0.2) is 59.0 Å². The molecule has 1 fully saturated rings. The molecule has 0 spiro atoms. The zero-order valence-corrected chi connectivity index (χ0v) is 20.9. The van der Waals surface area contributed by atoms with Crippen LogP contribution in [0.2, 0.25) is 0 Å². The Morgan fingerprint density at radius 2 is 1.73 bits per heavy atom. The number of hydrogen-bond donors (Lipinski definition) is 2. The van der Waals surface area contributed by atoms with Gasteiger partial charge in [0.15, 0.2) is 23.0 Å². The molecule has 0 radical (unpaired) electrons. The van der Waals surface area contributed by atoms with Crippen LogP contribution in [0.5, 0.6) is 11.5 Å². The number of piperazine rings is 1. The fraction of sp³-hybridized carbons (Fsp3) is 0.222. The van der Waals surface area contributed by atoms with Gasteiger partial charge in [0.1, 0.15) is 5.52 Å². The minimum Gasteiger partial charge on any atom is -0.453 e. The van der Waals surface area contributed by atoms with E-state index in [-0.39, 0.29) is 31.0 Å². The lowest BCUT2D eigenvalue weighted by molar-refractivity contribution is 0.0735. The Labute approximate surface area is 219 Å². The summed E-state index contributed by atoms with van der Waals surface area (Å²) in [5.41, 5.74) is 4.60. The highest BCUT2D eigenvalue weighted by Crippen LogP contribution is 2.44. The molecular weight excluding hydrogens is 496 g/mol. The van der Waals surface area contributed by atoms with E-state index in [4.69, 9.17) is 13.9 Å². The first-order chi connectivity index (χ1) is 17.6. The second-order valence-electron chi connectivity index (χ2n) is 8.71. The standard InChI is InChI=1S/C27H24N4O5.ClH/c1-16-29-22-14-19(6-9-23(22)36-16)30-26(32)21-8-7-20(24-25(21)35-15-34-24)17-2-4-18(5-3-17)27(33)31-12-10-28-11-13-31;/h2-9,14,28H,10-13,15H2,1H3,(H,30,32);1H. The highest BCUT2D eigenvalue weighted by Gasteiger charge is 2.26. The van der Waals surface area contributed by atoms with Crippen LogP contribution in [-0.2, 0) is 0 Å². The number of benzene rings is 3.